The van der Waals surface area contributed by atoms with E-state index < -0.39 is 7.12 Å². The van der Waals surface area contributed by atoms with E-state index >= 15 is 0 Å². The highest BCUT2D eigenvalue weighted by molar-refractivity contribution is 7.98. The molecule has 0 fully saturated rings. The first kappa shape index (κ1) is 9.93. The van der Waals surface area contributed by atoms with E-state index in [1.807, 2.05) is 6.26 Å². The summed E-state index contributed by atoms with van der Waals surface area (Å²) >= 11 is 7.14. The summed E-state index contributed by atoms with van der Waals surface area (Å²) in [6, 6.07) is 5.04. The predicted molar refractivity (Wildman–Crippen MR) is 53.1 cm³/mol. The molecule has 5 heteroatoms. The molecular formula is C7H8BClO2S. The van der Waals surface area contributed by atoms with Gasteiger partial charge in [0.05, 0.1) is 0 Å². The Labute approximate surface area is 80.7 Å². The summed E-state index contributed by atoms with van der Waals surface area (Å²) in [5, 5.41) is 18.4. The van der Waals surface area contributed by atoms with Crippen LogP contribution in [0.4, 0.5) is 0 Å². The Hall–Kier alpha value is -0.155. The largest absolute Gasteiger partial charge is 0.489 e. The Morgan fingerprint density at radius 1 is 1.42 bits per heavy atom. The first-order chi connectivity index (χ1) is 5.65. The summed E-state index contributed by atoms with van der Waals surface area (Å²) in [6.45, 7) is 0. The van der Waals surface area contributed by atoms with Gasteiger partial charge in [0.2, 0.25) is 0 Å². The number of hydrogen-bond donors (Lipinski definition) is 2. The molecule has 0 unspecified atom stereocenters. The van der Waals surface area contributed by atoms with Crippen LogP contribution < -0.4 is 5.46 Å². The van der Waals surface area contributed by atoms with E-state index in [4.69, 9.17) is 21.6 Å². The molecule has 0 aliphatic carbocycles. The van der Waals surface area contributed by atoms with Gasteiger partial charge in [-0.15, -0.1) is 11.8 Å². The Morgan fingerprint density at radius 3 is 2.58 bits per heavy atom. The van der Waals surface area contributed by atoms with Crippen LogP contribution in [0.5, 0.6) is 0 Å². The van der Waals surface area contributed by atoms with Gasteiger partial charge in [-0.1, -0.05) is 11.6 Å². The van der Waals surface area contributed by atoms with Crippen molar-refractivity contribution in [1.29, 1.82) is 0 Å². The SMILES string of the molecule is CSc1ccc(Cl)cc1B(O)O. The van der Waals surface area contributed by atoms with Crippen molar-refractivity contribution in [2.45, 2.75) is 4.90 Å². The minimum absolute atomic E-state index is 0.454. The fourth-order valence-corrected chi connectivity index (χ4v) is 1.69. The van der Waals surface area contributed by atoms with E-state index in [0.717, 1.165) is 4.90 Å². The first-order valence-corrected chi connectivity index (χ1v) is 4.95. The second-order valence-electron chi connectivity index (χ2n) is 2.26. The van der Waals surface area contributed by atoms with Crippen LogP contribution in [0, 0.1) is 0 Å². The number of thioether (sulfide) groups is 1. The van der Waals surface area contributed by atoms with Gasteiger partial charge in [0.1, 0.15) is 0 Å². The van der Waals surface area contributed by atoms with E-state index in [0.29, 0.717) is 10.5 Å². The molecule has 0 saturated heterocycles. The smallest absolute Gasteiger partial charge is 0.423 e. The quantitative estimate of drug-likeness (QED) is 0.549. The normalized spacial score (nSPS) is 10.0. The molecule has 1 rings (SSSR count). The highest BCUT2D eigenvalue weighted by Gasteiger charge is 2.15. The van der Waals surface area contributed by atoms with E-state index in [1.54, 1.807) is 18.2 Å². The van der Waals surface area contributed by atoms with Crippen LogP contribution >= 0.6 is 23.4 Å². The van der Waals surface area contributed by atoms with Gasteiger partial charge in [-0.05, 0) is 29.9 Å². The summed E-state index contributed by atoms with van der Waals surface area (Å²) in [6.07, 6.45) is 1.87. The topological polar surface area (TPSA) is 40.5 Å². The van der Waals surface area contributed by atoms with Crippen LogP contribution in [0.2, 0.25) is 5.02 Å². The molecule has 1 aromatic rings. The highest BCUT2D eigenvalue weighted by atomic mass is 35.5. The number of benzene rings is 1. The maximum Gasteiger partial charge on any atom is 0.489 e. The van der Waals surface area contributed by atoms with Crippen LogP contribution in [0.15, 0.2) is 23.1 Å². The van der Waals surface area contributed by atoms with Crippen molar-refractivity contribution in [2.24, 2.45) is 0 Å². The van der Waals surface area contributed by atoms with Crippen molar-refractivity contribution < 1.29 is 10.0 Å². The predicted octanol–water partition coefficient (Wildman–Crippen LogP) is 0.742. The fourth-order valence-electron chi connectivity index (χ4n) is 0.907. The summed E-state index contributed by atoms with van der Waals surface area (Å²) in [5.41, 5.74) is 0.454. The zero-order valence-corrected chi connectivity index (χ0v) is 8.06. The maximum absolute atomic E-state index is 8.94. The van der Waals surface area contributed by atoms with Gasteiger partial charge >= 0.3 is 7.12 Å². The van der Waals surface area contributed by atoms with E-state index in [2.05, 4.69) is 0 Å². The summed E-state index contributed by atoms with van der Waals surface area (Å²) in [5.74, 6) is 0. The average Bonchev–Trinajstić information content (AvgIpc) is 2.04. The van der Waals surface area contributed by atoms with E-state index in [9.17, 15) is 0 Å². The van der Waals surface area contributed by atoms with Crippen LogP contribution in [0.1, 0.15) is 0 Å². The van der Waals surface area contributed by atoms with Crippen molar-refractivity contribution in [1.82, 2.24) is 0 Å². The van der Waals surface area contributed by atoms with Crippen molar-refractivity contribution in [3.05, 3.63) is 23.2 Å². The molecule has 2 N–H and O–H groups in total. The molecular weight excluding hydrogens is 194 g/mol. The molecule has 0 heterocycles. The first-order valence-electron chi connectivity index (χ1n) is 3.34. The molecule has 0 aliphatic rings. The molecule has 64 valence electrons. The van der Waals surface area contributed by atoms with Crippen LogP contribution in [0.3, 0.4) is 0 Å². The van der Waals surface area contributed by atoms with Gasteiger partial charge in [-0.25, -0.2) is 0 Å². The Bertz CT molecular complexity index is 280. The third-order valence-corrected chi connectivity index (χ3v) is 2.52. The second-order valence-corrected chi connectivity index (χ2v) is 3.54. The molecule has 2 nitrogen and oxygen atoms in total. The van der Waals surface area contributed by atoms with Gasteiger partial charge in [-0.3, -0.25) is 0 Å². The lowest BCUT2D eigenvalue weighted by Gasteiger charge is -2.05. The Balaban J connectivity index is 3.12. The molecule has 0 atom stereocenters. The summed E-state index contributed by atoms with van der Waals surface area (Å²) in [4.78, 5) is 0.828. The zero-order valence-electron chi connectivity index (χ0n) is 6.49. The minimum Gasteiger partial charge on any atom is -0.423 e. The molecule has 0 amide bonds. The lowest BCUT2D eigenvalue weighted by molar-refractivity contribution is 0.425. The monoisotopic (exact) mass is 202 g/mol. The highest BCUT2D eigenvalue weighted by Crippen LogP contribution is 2.15. The molecule has 0 aliphatic heterocycles. The lowest BCUT2D eigenvalue weighted by Crippen LogP contribution is -2.31. The second kappa shape index (κ2) is 4.19. The molecule has 0 spiro atoms. The van der Waals surface area contributed by atoms with Crippen molar-refractivity contribution in [2.75, 3.05) is 6.26 Å². The van der Waals surface area contributed by atoms with E-state index in [1.165, 1.54) is 11.8 Å². The van der Waals surface area contributed by atoms with Crippen molar-refractivity contribution in [3.63, 3.8) is 0 Å². The molecule has 0 aromatic heterocycles. The van der Waals surface area contributed by atoms with Gasteiger partial charge < -0.3 is 10.0 Å². The third kappa shape index (κ3) is 2.17. The minimum atomic E-state index is -1.45. The van der Waals surface area contributed by atoms with Gasteiger partial charge in [0.15, 0.2) is 0 Å². The molecule has 0 bridgehead atoms. The average molecular weight is 202 g/mol. The van der Waals surface area contributed by atoms with Gasteiger partial charge in [0, 0.05) is 9.92 Å². The Kier molecular flexibility index (Phi) is 3.46. The standard InChI is InChI=1S/C7H8BClO2S/c1-12-7-3-2-5(9)4-6(7)8(10)11/h2-4,10-11H,1H3. The van der Waals surface area contributed by atoms with Crippen molar-refractivity contribution in [3.8, 4) is 0 Å². The number of rotatable bonds is 2. The molecule has 1 aromatic carbocycles. The van der Waals surface area contributed by atoms with Gasteiger partial charge in [-0.2, -0.15) is 0 Å². The van der Waals surface area contributed by atoms with Crippen LogP contribution in [-0.4, -0.2) is 23.4 Å². The molecule has 0 saturated carbocycles. The fraction of sp³-hybridized carbons (Fsp3) is 0.143. The zero-order chi connectivity index (χ0) is 9.14. The molecule has 12 heavy (non-hydrogen) atoms. The maximum atomic E-state index is 8.94. The summed E-state index contributed by atoms with van der Waals surface area (Å²) < 4.78 is 0. The van der Waals surface area contributed by atoms with Gasteiger partial charge in [0.25, 0.3) is 0 Å². The van der Waals surface area contributed by atoms with Crippen LogP contribution in [-0.2, 0) is 0 Å². The lowest BCUT2D eigenvalue weighted by atomic mass is 9.80. The summed E-state index contributed by atoms with van der Waals surface area (Å²) in [7, 11) is -1.45. The van der Waals surface area contributed by atoms with E-state index in [-0.39, 0.29) is 0 Å². The van der Waals surface area contributed by atoms with Crippen LogP contribution in [0.25, 0.3) is 0 Å². The number of hydrogen-bond acceptors (Lipinski definition) is 3. The Morgan fingerprint density at radius 2 is 2.08 bits per heavy atom. The number of halogens is 1. The third-order valence-electron chi connectivity index (χ3n) is 1.47. The molecule has 0 radical (unpaired) electrons. The van der Waals surface area contributed by atoms with Crippen molar-refractivity contribution >= 4 is 35.9 Å².